The molecule has 0 aliphatic rings. The van der Waals surface area contributed by atoms with Crippen LogP contribution in [0.2, 0.25) is 0 Å². The number of aromatic carboxylic acids is 1. The van der Waals surface area contributed by atoms with E-state index in [0.29, 0.717) is 16.7 Å². The molecule has 3 rings (SSSR count). The van der Waals surface area contributed by atoms with Gasteiger partial charge in [-0.25, -0.2) is 18.6 Å². The van der Waals surface area contributed by atoms with E-state index < -0.39 is 17.6 Å². The number of carbonyl (C=O) groups is 1. The third-order valence-electron chi connectivity index (χ3n) is 3.01. The van der Waals surface area contributed by atoms with Crippen LogP contribution in [-0.4, -0.2) is 16.1 Å². The van der Waals surface area contributed by atoms with E-state index in [4.69, 9.17) is 9.52 Å². The van der Waals surface area contributed by atoms with Crippen molar-refractivity contribution in [2.24, 2.45) is 0 Å². The highest BCUT2D eigenvalue weighted by atomic mass is 19.2. The molecule has 0 atom stereocenters. The largest absolute Gasteiger partial charge is 0.478 e. The number of benzene rings is 2. The van der Waals surface area contributed by atoms with E-state index >= 15 is 0 Å². The van der Waals surface area contributed by atoms with Crippen molar-refractivity contribution in [1.29, 1.82) is 0 Å². The number of oxazole rings is 1. The second-order valence-corrected chi connectivity index (χ2v) is 4.55. The third-order valence-corrected chi connectivity index (χ3v) is 3.01. The Bertz CT molecular complexity index is 900. The van der Waals surface area contributed by atoms with Crippen LogP contribution >= 0.6 is 0 Å². The molecule has 0 unspecified atom stereocenters. The summed E-state index contributed by atoms with van der Waals surface area (Å²) >= 11 is 0. The molecule has 0 saturated heterocycles. The predicted octanol–water partition coefficient (Wildman–Crippen LogP) is 3.97. The summed E-state index contributed by atoms with van der Waals surface area (Å²) in [6.07, 6.45) is 3.01. The smallest absolute Gasteiger partial charge is 0.335 e. The molecule has 0 saturated carbocycles. The van der Waals surface area contributed by atoms with Gasteiger partial charge in [0.1, 0.15) is 5.52 Å². The van der Waals surface area contributed by atoms with Crippen molar-refractivity contribution >= 4 is 29.2 Å². The van der Waals surface area contributed by atoms with E-state index in [2.05, 4.69) is 4.98 Å². The summed E-state index contributed by atoms with van der Waals surface area (Å²) in [7, 11) is 0. The maximum Gasteiger partial charge on any atom is 0.335 e. The van der Waals surface area contributed by atoms with Crippen molar-refractivity contribution in [3.05, 3.63) is 65.1 Å². The fraction of sp³-hybridized carbons (Fsp3) is 0. The highest BCUT2D eigenvalue weighted by Crippen LogP contribution is 2.19. The lowest BCUT2D eigenvalue weighted by atomic mass is 10.2. The highest BCUT2D eigenvalue weighted by Gasteiger charge is 2.08. The minimum absolute atomic E-state index is 0.0970. The number of rotatable bonds is 3. The molecular weight excluding hydrogens is 292 g/mol. The van der Waals surface area contributed by atoms with Crippen LogP contribution in [0, 0.1) is 11.6 Å². The molecule has 22 heavy (non-hydrogen) atoms. The first-order valence-electron chi connectivity index (χ1n) is 6.30. The zero-order valence-corrected chi connectivity index (χ0v) is 11.1. The molecule has 1 aromatic heterocycles. The van der Waals surface area contributed by atoms with Crippen molar-refractivity contribution in [3.63, 3.8) is 0 Å². The van der Waals surface area contributed by atoms with E-state index in [1.807, 2.05) is 0 Å². The van der Waals surface area contributed by atoms with Crippen LogP contribution < -0.4 is 0 Å². The highest BCUT2D eigenvalue weighted by molar-refractivity contribution is 5.92. The summed E-state index contributed by atoms with van der Waals surface area (Å²) in [5, 5.41) is 8.91. The zero-order valence-electron chi connectivity index (χ0n) is 11.1. The van der Waals surface area contributed by atoms with Gasteiger partial charge in [-0.1, -0.05) is 6.07 Å². The van der Waals surface area contributed by atoms with Gasteiger partial charge in [0, 0.05) is 6.08 Å². The average Bonchev–Trinajstić information content (AvgIpc) is 2.90. The number of hydrogen-bond acceptors (Lipinski definition) is 3. The van der Waals surface area contributed by atoms with Crippen LogP contribution in [-0.2, 0) is 0 Å². The predicted molar refractivity (Wildman–Crippen MR) is 76.3 cm³/mol. The Morgan fingerprint density at radius 3 is 2.64 bits per heavy atom. The van der Waals surface area contributed by atoms with E-state index in [-0.39, 0.29) is 11.5 Å². The quantitative estimate of drug-likeness (QED) is 0.795. The van der Waals surface area contributed by atoms with Gasteiger partial charge in [-0.15, -0.1) is 0 Å². The molecule has 110 valence electrons. The van der Waals surface area contributed by atoms with Gasteiger partial charge in [-0.05, 0) is 42.0 Å². The monoisotopic (exact) mass is 301 g/mol. The molecule has 6 heteroatoms. The van der Waals surface area contributed by atoms with Crippen LogP contribution in [0.25, 0.3) is 23.3 Å². The molecule has 0 amide bonds. The number of carboxylic acid groups (broad SMARTS) is 1. The molecule has 0 radical (unpaired) electrons. The van der Waals surface area contributed by atoms with E-state index in [9.17, 15) is 13.6 Å². The minimum atomic E-state index is -1.06. The standard InChI is InChI=1S/C16H9F2NO3/c17-11-4-1-9(7-12(11)18)2-6-15-19-13-5-3-10(16(20)21)8-14(13)22-15/h1-8H,(H,20,21). The zero-order chi connectivity index (χ0) is 15.7. The summed E-state index contributed by atoms with van der Waals surface area (Å²) < 4.78 is 31.3. The molecule has 3 aromatic rings. The van der Waals surface area contributed by atoms with Crippen molar-refractivity contribution in [3.8, 4) is 0 Å². The molecule has 0 aliphatic carbocycles. The number of carboxylic acids is 1. The van der Waals surface area contributed by atoms with Gasteiger partial charge in [-0.2, -0.15) is 0 Å². The number of hydrogen-bond donors (Lipinski definition) is 1. The van der Waals surface area contributed by atoms with Gasteiger partial charge in [0.15, 0.2) is 17.2 Å². The van der Waals surface area contributed by atoms with E-state index in [1.54, 1.807) is 0 Å². The van der Waals surface area contributed by atoms with Gasteiger partial charge in [-0.3, -0.25) is 0 Å². The Morgan fingerprint density at radius 1 is 1.09 bits per heavy atom. The summed E-state index contributed by atoms with van der Waals surface area (Å²) in [4.78, 5) is 15.0. The molecule has 0 aliphatic heterocycles. The normalized spacial score (nSPS) is 11.4. The summed E-state index contributed by atoms with van der Waals surface area (Å²) in [6.45, 7) is 0. The van der Waals surface area contributed by atoms with Crippen molar-refractivity contribution in [1.82, 2.24) is 4.98 Å². The van der Waals surface area contributed by atoms with Crippen LogP contribution in [0.1, 0.15) is 21.8 Å². The molecular formula is C16H9F2NO3. The number of fused-ring (bicyclic) bond motifs is 1. The Morgan fingerprint density at radius 2 is 1.91 bits per heavy atom. The Labute approximate surface area is 123 Å². The fourth-order valence-electron chi connectivity index (χ4n) is 1.93. The van der Waals surface area contributed by atoms with Gasteiger partial charge in [0.2, 0.25) is 5.89 Å². The second-order valence-electron chi connectivity index (χ2n) is 4.55. The fourth-order valence-corrected chi connectivity index (χ4v) is 1.93. The Hall–Kier alpha value is -3.02. The van der Waals surface area contributed by atoms with Gasteiger partial charge < -0.3 is 9.52 Å². The molecule has 0 spiro atoms. The SMILES string of the molecule is O=C(O)c1ccc2nc(C=Cc3ccc(F)c(F)c3)oc2c1. The van der Waals surface area contributed by atoms with Crippen LogP contribution in [0.15, 0.2) is 40.8 Å². The topological polar surface area (TPSA) is 63.3 Å². The molecule has 0 bridgehead atoms. The second kappa shape index (κ2) is 5.40. The van der Waals surface area contributed by atoms with E-state index in [1.165, 1.54) is 36.4 Å². The average molecular weight is 301 g/mol. The summed E-state index contributed by atoms with van der Waals surface area (Å²) in [6, 6.07) is 7.84. The lowest BCUT2D eigenvalue weighted by Crippen LogP contribution is -1.94. The van der Waals surface area contributed by atoms with Crippen LogP contribution in [0.5, 0.6) is 0 Å². The van der Waals surface area contributed by atoms with Gasteiger partial charge in [0.25, 0.3) is 0 Å². The molecule has 0 fully saturated rings. The van der Waals surface area contributed by atoms with Crippen molar-refractivity contribution in [2.75, 3.05) is 0 Å². The maximum atomic E-state index is 13.1. The van der Waals surface area contributed by atoms with Crippen molar-refractivity contribution in [2.45, 2.75) is 0 Å². The lowest BCUT2D eigenvalue weighted by Gasteiger charge is -1.94. The maximum absolute atomic E-state index is 13.1. The van der Waals surface area contributed by atoms with Crippen LogP contribution in [0.3, 0.4) is 0 Å². The van der Waals surface area contributed by atoms with Crippen molar-refractivity contribution < 1.29 is 23.1 Å². The van der Waals surface area contributed by atoms with E-state index in [0.717, 1.165) is 12.1 Å². The summed E-state index contributed by atoms with van der Waals surface area (Å²) in [5.74, 6) is -2.68. The molecule has 4 nitrogen and oxygen atoms in total. The third kappa shape index (κ3) is 2.71. The number of halogens is 2. The Balaban J connectivity index is 1.91. The minimum Gasteiger partial charge on any atom is -0.478 e. The van der Waals surface area contributed by atoms with Gasteiger partial charge >= 0.3 is 5.97 Å². The number of aromatic nitrogens is 1. The van der Waals surface area contributed by atoms with Crippen LogP contribution in [0.4, 0.5) is 8.78 Å². The summed E-state index contributed by atoms with van der Waals surface area (Å²) in [5.41, 5.74) is 1.40. The first-order chi connectivity index (χ1) is 10.5. The molecule has 1 heterocycles. The lowest BCUT2D eigenvalue weighted by molar-refractivity contribution is 0.0697. The molecule has 1 N–H and O–H groups in total. The first kappa shape index (κ1) is 13.9. The number of nitrogens with zero attached hydrogens (tertiary/aromatic N) is 1. The first-order valence-corrected chi connectivity index (χ1v) is 6.30. The molecule has 2 aromatic carbocycles. The Kier molecular flexibility index (Phi) is 3.42. The van der Waals surface area contributed by atoms with Gasteiger partial charge in [0.05, 0.1) is 5.56 Å².